The van der Waals surface area contributed by atoms with Gasteiger partial charge in [0.25, 0.3) is 0 Å². The van der Waals surface area contributed by atoms with Crippen LogP contribution >= 0.6 is 0 Å². The maximum Gasteiger partial charge on any atom is 1.00 e. The summed E-state index contributed by atoms with van der Waals surface area (Å²) in [5.41, 5.74) is -1.84. The van der Waals surface area contributed by atoms with Gasteiger partial charge in [0.15, 0.2) is 0 Å². The van der Waals surface area contributed by atoms with Gasteiger partial charge >= 0.3 is 70.2 Å². The molecule has 0 radical (unpaired) electrons. The Balaban J connectivity index is -0.00000162. The fourth-order valence-electron chi connectivity index (χ4n) is 2.41. The van der Waals surface area contributed by atoms with Gasteiger partial charge in [0.05, 0.1) is 17.4 Å². The fourth-order valence-corrected chi connectivity index (χ4v) is 2.41. The van der Waals surface area contributed by atoms with Gasteiger partial charge < -0.3 is 19.8 Å². The number of carbonyl (C=O) groups is 2. The zero-order valence-electron chi connectivity index (χ0n) is 14.4. The third-order valence-electron chi connectivity index (χ3n) is 3.89. The number of hydrogen-bond donors (Lipinski definition) is 0. The molecule has 21 heavy (non-hydrogen) atoms. The quantitative estimate of drug-likeness (QED) is 0.218. The van der Waals surface area contributed by atoms with E-state index in [1.165, 1.54) is 19.3 Å². The van der Waals surface area contributed by atoms with Crippen molar-refractivity contribution >= 4 is 11.9 Å². The van der Waals surface area contributed by atoms with Crippen molar-refractivity contribution in [2.75, 3.05) is 0 Å². The molecule has 0 amide bonds. The van der Waals surface area contributed by atoms with E-state index in [9.17, 15) is 19.8 Å². The monoisotopic (exact) mass is 316 g/mol. The zero-order chi connectivity index (χ0) is 14.9. The number of aliphatic carboxylic acids is 2. The molecular formula is C15H26KLiO4. The Morgan fingerprint density at radius 1 is 0.905 bits per heavy atom. The van der Waals surface area contributed by atoms with Gasteiger partial charge in [-0.2, -0.15) is 0 Å². The molecule has 0 rings (SSSR count). The Morgan fingerprint density at radius 3 is 1.62 bits per heavy atom. The van der Waals surface area contributed by atoms with Crippen LogP contribution in [0.25, 0.3) is 0 Å². The third-order valence-corrected chi connectivity index (χ3v) is 3.89. The van der Waals surface area contributed by atoms with Crippen LogP contribution in [0.15, 0.2) is 0 Å². The van der Waals surface area contributed by atoms with E-state index >= 15 is 0 Å². The van der Waals surface area contributed by atoms with Crippen LogP contribution in [0.4, 0.5) is 0 Å². The van der Waals surface area contributed by atoms with Crippen molar-refractivity contribution in [1.82, 2.24) is 0 Å². The van der Waals surface area contributed by atoms with Crippen LogP contribution in [0.1, 0.15) is 72.1 Å². The number of hydrogen-bond acceptors (Lipinski definition) is 4. The standard InChI is InChI=1S/C15H28O4.K.Li/c1-4-5-6-7-8-9-10-11-15(12(2)3,13(16)17)14(18)19;;/h12H,4-11H2,1-3H3,(H,16,17)(H,18,19);;/q;2*+1/p-2. The molecular weight excluding hydrogens is 290 g/mol. The minimum absolute atomic E-state index is 0. The van der Waals surface area contributed by atoms with Gasteiger partial charge in [-0.25, -0.2) is 0 Å². The number of carboxylic acids is 2. The largest absolute Gasteiger partial charge is 1.00 e. The molecule has 0 aliphatic rings. The van der Waals surface area contributed by atoms with E-state index in [4.69, 9.17) is 0 Å². The van der Waals surface area contributed by atoms with E-state index in [2.05, 4.69) is 6.92 Å². The summed E-state index contributed by atoms with van der Waals surface area (Å²) in [5.74, 6) is -3.57. The first-order valence-corrected chi connectivity index (χ1v) is 7.32. The van der Waals surface area contributed by atoms with Crippen molar-refractivity contribution in [3.63, 3.8) is 0 Å². The van der Waals surface area contributed by atoms with Gasteiger partial charge in [-0.15, -0.1) is 0 Å². The fraction of sp³-hybridized carbons (Fsp3) is 0.867. The van der Waals surface area contributed by atoms with Crippen LogP contribution < -0.4 is 80.5 Å². The molecule has 0 aromatic heterocycles. The smallest absolute Gasteiger partial charge is 0.549 e. The molecule has 0 unspecified atom stereocenters. The first kappa shape index (κ1) is 27.0. The molecule has 0 fully saturated rings. The molecule has 0 saturated heterocycles. The van der Waals surface area contributed by atoms with Gasteiger partial charge in [0.2, 0.25) is 0 Å². The predicted octanol–water partition coefficient (Wildman–Crippen LogP) is -4.72. The van der Waals surface area contributed by atoms with Crippen molar-refractivity contribution in [3.05, 3.63) is 0 Å². The molecule has 0 N–H and O–H groups in total. The van der Waals surface area contributed by atoms with E-state index in [0.29, 0.717) is 6.42 Å². The molecule has 0 spiro atoms. The number of rotatable bonds is 11. The van der Waals surface area contributed by atoms with Crippen molar-refractivity contribution in [1.29, 1.82) is 0 Å². The average molecular weight is 316 g/mol. The predicted molar refractivity (Wildman–Crippen MR) is 69.9 cm³/mol. The third kappa shape index (κ3) is 9.15. The Morgan fingerprint density at radius 2 is 1.29 bits per heavy atom. The second kappa shape index (κ2) is 14.7. The summed E-state index contributed by atoms with van der Waals surface area (Å²) in [6, 6.07) is 0. The summed E-state index contributed by atoms with van der Waals surface area (Å²) >= 11 is 0. The topological polar surface area (TPSA) is 80.3 Å². The Bertz CT molecular complexity index is 281. The van der Waals surface area contributed by atoms with Crippen LogP contribution in [0.3, 0.4) is 0 Å². The van der Waals surface area contributed by atoms with Crippen LogP contribution in [-0.2, 0) is 9.59 Å². The maximum atomic E-state index is 11.2. The van der Waals surface area contributed by atoms with Crippen LogP contribution in [0.5, 0.6) is 0 Å². The van der Waals surface area contributed by atoms with E-state index in [0.717, 1.165) is 19.3 Å². The summed E-state index contributed by atoms with van der Waals surface area (Å²) in [6.45, 7) is 5.33. The molecule has 6 heteroatoms. The number of carbonyl (C=O) groups excluding carboxylic acids is 2. The second-order valence-electron chi connectivity index (χ2n) is 5.57. The Hall–Kier alpha value is 1.17. The van der Waals surface area contributed by atoms with E-state index in [1.54, 1.807) is 13.8 Å². The zero-order valence-corrected chi connectivity index (χ0v) is 17.5. The Kier molecular flexibility index (Phi) is 19.0. The minimum Gasteiger partial charge on any atom is -0.549 e. The molecule has 0 heterocycles. The second-order valence-corrected chi connectivity index (χ2v) is 5.57. The van der Waals surface area contributed by atoms with Crippen molar-refractivity contribution < 1.29 is 90.0 Å². The van der Waals surface area contributed by atoms with Gasteiger partial charge in [0.1, 0.15) is 0 Å². The van der Waals surface area contributed by atoms with Crippen molar-refractivity contribution in [2.45, 2.75) is 72.1 Å². The molecule has 0 atom stereocenters. The van der Waals surface area contributed by atoms with Crippen molar-refractivity contribution in [2.24, 2.45) is 11.3 Å². The van der Waals surface area contributed by atoms with Crippen molar-refractivity contribution in [3.8, 4) is 0 Å². The first-order valence-electron chi connectivity index (χ1n) is 7.32. The van der Waals surface area contributed by atoms with E-state index in [-0.39, 0.29) is 76.7 Å². The summed E-state index contributed by atoms with van der Waals surface area (Å²) in [4.78, 5) is 22.4. The molecule has 0 aliphatic carbocycles. The van der Waals surface area contributed by atoms with Crippen LogP contribution in [0, 0.1) is 11.3 Å². The van der Waals surface area contributed by atoms with E-state index < -0.39 is 23.3 Å². The maximum absolute atomic E-state index is 11.2. The first-order chi connectivity index (χ1) is 8.89. The molecule has 0 saturated carbocycles. The van der Waals surface area contributed by atoms with Gasteiger partial charge in [-0.3, -0.25) is 0 Å². The van der Waals surface area contributed by atoms with Gasteiger partial charge in [-0.05, 0) is 12.3 Å². The number of carboxylic acid groups (broad SMARTS) is 2. The number of unbranched alkanes of at least 4 members (excludes halogenated alkanes) is 6. The molecule has 0 aromatic rings. The SMILES string of the molecule is CCCCCCCCCC(C(=O)[O-])(C(=O)[O-])C(C)C.[K+].[Li+]. The molecule has 0 bridgehead atoms. The minimum atomic E-state index is -1.84. The summed E-state index contributed by atoms with van der Waals surface area (Å²) in [5, 5.41) is 22.4. The normalized spacial score (nSPS) is 10.7. The van der Waals surface area contributed by atoms with Crippen LogP contribution in [0.2, 0.25) is 0 Å². The summed E-state index contributed by atoms with van der Waals surface area (Å²) in [6.07, 6.45) is 7.29. The molecule has 0 aromatic carbocycles. The molecule has 4 nitrogen and oxygen atoms in total. The Labute approximate surface area is 183 Å². The van der Waals surface area contributed by atoms with E-state index in [1.807, 2.05) is 0 Å². The summed E-state index contributed by atoms with van der Waals surface area (Å²) < 4.78 is 0. The van der Waals surface area contributed by atoms with Gasteiger partial charge in [-0.1, -0.05) is 65.7 Å². The molecule has 112 valence electrons. The van der Waals surface area contributed by atoms with Crippen LogP contribution in [-0.4, -0.2) is 11.9 Å². The molecule has 0 aliphatic heterocycles. The van der Waals surface area contributed by atoms with Gasteiger partial charge in [0, 0.05) is 0 Å². The summed E-state index contributed by atoms with van der Waals surface area (Å²) in [7, 11) is 0. The average Bonchev–Trinajstić information content (AvgIpc) is 2.31.